The molecule has 0 aromatic rings. The zero-order valence-electron chi connectivity index (χ0n) is 9.04. The second-order valence-corrected chi connectivity index (χ2v) is 2.93. The average Bonchev–Trinajstić information content (AvgIpc) is 2.63. The first-order chi connectivity index (χ1) is 5.79. The van der Waals surface area contributed by atoms with E-state index in [1.54, 1.807) is 0 Å². The Kier molecular flexibility index (Phi) is 15.8. The number of rotatable bonds is 0. The molecule has 0 nitrogen and oxygen atoms in total. The summed E-state index contributed by atoms with van der Waals surface area (Å²) in [6, 6.07) is 0. The summed E-state index contributed by atoms with van der Waals surface area (Å²) in [5, 5.41) is 0. The van der Waals surface area contributed by atoms with Crippen LogP contribution in [-0.4, -0.2) is 0 Å². The number of hydrogen-bond donors (Lipinski definition) is 0. The van der Waals surface area contributed by atoms with Gasteiger partial charge in [-0.25, -0.2) is 23.3 Å². The fourth-order valence-corrected chi connectivity index (χ4v) is 1.03. The number of hydrogen-bond acceptors (Lipinski definition) is 0. The van der Waals surface area contributed by atoms with Crippen molar-refractivity contribution in [1.82, 2.24) is 0 Å². The van der Waals surface area contributed by atoms with Crippen LogP contribution in [0.15, 0.2) is 35.5 Å². The zero-order valence-corrected chi connectivity index (χ0v) is 11.5. The van der Waals surface area contributed by atoms with E-state index >= 15 is 0 Å². The minimum absolute atomic E-state index is 0. The topological polar surface area (TPSA) is 0 Å². The fraction of sp³-hybridized carbons (Fsp3) is 0.333. The van der Waals surface area contributed by atoms with Crippen molar-refractivity contribution in [2.24, 2.45) is 0 Å². The molecule has 2 rings (SSSR count). The van der Waals surface area contributed by atoms with E-state index in [0.29, 0.717) is 0 Å². The Morgan fingerprint density at radius 2 is 1.20 bits per heavy atom. The third-order valence-corrected chi connectivity index (χ3v) is 1.73. The zero-order chi connectivity index (χ0) is 8.81. The molecule has 3 heteroatoms. The van der Waals surface area contributed by atoms with Crippen LogP contribution in [0.25, 0.3) is 0 Å². The molecular formula is C12H16F2Zr. The largest absolute Gasteiger partial charge is 2.00 e. The number of halogens is 2. The molecule has 82 valence electrons. The Morgan fingerprint density at radius 3 is 1.27 bits per heavy atom. The maximum atomic E-state index is 3.12. The van der Waals surface area contributed by atoms with E-state index < -0.39 is 0 Å². The Labute approximate surface area is 110 Å². The Balaban J connectivity index is -0.000000160. The van der Waals surface area contributed by atoms with Crippen molar-refractivity contribution >= 4 is 0 Å². The van der Waals surface area contributed by atoms with E-state index in [4.69, 9.17) is 0 Å². The van der Waals surface area contributed by atoms with Gasteiger partial charge in [0.05, 0.1) is 0 Å². The van der Waals surface area contributed by atoms with Gasteiger partial charge in [0.15, 0.2) is 0 Å². The van der Waals surface area contributed by atoms with E-state index in [-0.39, 0.29) is 35.6 Å². The minimum atomic E-state index is 0. The summed E-state index contributed by atoms with van der Waals surface area (Å²) >= 11 is 0. The third-order valence-electron chi connectivity index (χ3n) is 1.73. The molecule has 2 aliphatic rings. The molecule has 0 radical (unpaired) electrons. The van der Waals surface area contributed by atoms with Crippen molar-refractivity contribution in [2.45, 2.75) is 26.7 Å². The monoisotopic (exact) mass is 288 g/mol. The molecule has 0 N–H and O–H groups in total. The van der Waals surface area contributed by atoms with Crippen molar-refractivity contribution in [2.75, 3.05) is 0 Å². The summed E-state index contributed by atoms with van der Waals surface area (Å²) < 4.78 is 0. The van der Waals surface area contributed by atoms with E-state index in [0.717, 1.165) is 12.8 Å². The van der Waals surface area contributed by atoms with Gasteiger partial charge in [-0.3, -0.25) is 21.6 Å². The van der Waals surface area contributed by atoms with Gasteiger partial charge in [0.2, 0.25) is 0 Å². The Morgan fingerprint density at radius 1 is 0.867 bits per heavy atom. The average molecular weight is 289 g/mol. The first-order valence-electron chi connectivity index (χ1n) is 4.27. The molecule has 2 aliphatic carbocycles. The summed E-state index contributed by atoms with van der Waals surface area (Å²) in [5.74, 6) is 0. The van der Waals surface area contributed by atoms with E-state index in [2.05, 4.69) is 50.3 Å². The van der Waals surface area contributed by atoms with Crippen molar-refractivity contribution in [3.63, 3.8) is 0 Å². The van der Waals surface area contributed by atoms with Gasteiger partial charge in [0.1, 0.15) is 0 Å². The Hall–Kier alpha value is -0.297. The molecule has 0 amide bonds. The van der Waals surface area contributed by atoms with Crippen LogP contribution < -0.4 is 0 Å². The molecule has 0 unspecified atom stereocenters. The van der Waals surface area contributed by atoms with Crippen LogP contribution in [0.1, 0.15) is 26.7 Å². The van der Waals surface area contributed by atoms with Gasteiger partial charge in [-0.1, -0.05) is 13.8 Å². The van der Waals surface area contributed by atoms with Crippen LogP contribution in [0.2, 0.25) is 0 Å². The van der Waals surface area contributed by atoms with Gasteiger partial charge >= 0.3 is 26.2 Å². The molecular weight excluding hydrogens is 273 g/mol. The molecule has 0 spiro atoms. The first kappa shape index (κ1) is 20.2. The molecule has 0 atom stereocenters. The maximum absolute atomic E-state index is 3.12. The normalized spacial score (nSPS) is 14.8. The van der Waals surface area contributed by atoms with Crippen LogP contribution in [0.3, 0.4) is 0 Å². The summed E-state index contributed by atoms with van der Waals surface area (Å²) in [6.07, 6.45) is 16.7. The van der Waals surface area contributed by atoms with Crippen molar-refractivity contribution in [1.29, 1.82) is 0 Å². The fourth-order valence-electron chi connectivity index (χ4n) is 1.03. The third kappa shape index (κ3) is 10.00. The summed E-state index contributed by atoms with van der Waals surface area (Å²) in [5.41, 5.74) is 2.55. The molecule has 15 heavy (non-hydrogen) atoms. The van der Waals surface area contributed by atoms with Gasteiger partial charge in [-0.05, 0) is 0 Å². The molecule has 0 aromatic carbocycles. The summed E-state index contributed by atoms with van der Waals surface area (Å²) in [7, 11) is 0. The predicted octanol–water partition coefficient (Wildman–Crippen LogP) is 3.69. The summed E-state index contributed by atoms with van der Waals surface area (Å²) in [6.45, 7) is 4.12. The first-order valence-corrected chi connectivity index (χ1v) is 4.27. The molecule has 0 saturated carbocycles. The smallest absolute Gasteiger partial charge is 0.270 e. The van der Waals surface area contributed by atoms with Gasteiger partial charge in [-0.2, -0.15) is 12.2 Å². The van der Waals surface area contributed by atoms with Gasteiger partial charge in [-0.15, -0.1) is 12.8 Å². The van der Waals surface area contributed by atoms with E-state index in [1.807, 2.05) is 0 Å². The van der Waals surface area contributed by atoms with Crippen LogP contribution in [-0.2, 0) is 26.2 Å². The minimum Gasteiger partial charge on any atom is -0.270 e. The standard InChI is InChI=1S/2C6H7.2FH.Zr/c2*1-6-4-2-3-5-6;;;/h2*2,4H,3H2,1H3;2*1H;/q2*-1;;;+2. The molecule has 0 heterocycles. The second kappa shape index (κ2) is 11.8. The van der Waals surface area contributed by atoms with Crippen LogP contribution in [0.5, 0.6) is 0 Å². The van der Waals surface area contributed by atoms with Crippen molar-refractivity contribution < 1.29 is 35.6 Å². The Bertz CT molecular complexity index is 229. The van der Waals surface area contributed by atoms with Crippen molar-refractivity contribution in [3.8, 4) is 0 Å². The van der Waals surface area contributed by atoms with Crippen LogP contribution in [0.4, 0.5) is 9.41 Å². The maximum Gasteiger partial charge on any atom is 2.00 e. The van der Waals surface area contributed by atoms with Gasteiger partial charge in [0, 0.05) is 0 Å². The predicted molar refractivity (Wildman–Crippen MR) is 57.4 cm³/mol. The molecule has 0 aliphatic heterocycles. The number of allylic oxidation sites excluding steroid dienone is 8. The van der Waals surface area contributed by atoms with Crippen LogP contribution in [0, 0.1) is 12.2 Å². The SMILES string of the molecule is CC1=[C-]CC=C1.CC1=[C-]CC=C1.F.F.[Zr+2]. The van der Waals surface area contributed by atoms with E-state index in [1.165, 1.54) is 11.1 Å². The van der Waals surface area contributed by atoms with Crippen LogP contribution >= 0.6 is 0 Å². The summed E-state index contributed by atoms with van der Waals surface area (Å²) in [4.78, 5) is 0. The quantitative estimate of drug-likeness (QED) is 0.597. The molecule has 0 bridgehead atoms. The molecule has 0 fully saturated rings. The van der Waals surface area contributed by atoms with Gasteiger partial charge in [0.25, 0.3) is 0 Å². The van der Waals surface area contributed by atoms with Gasteiger partial charge < -0.3 is 0 Å². The van der Waals surface area contributed by atoms with Crippen molar-refractivity contribution in [3.05, 3.63) is 47.6 Å². The van der Waals surface area contributed by atoms with E-state index in [9.17, 15) is 0 Å². The molecule has 0 aromatic heterocycles. The molecule has 0 saturated heterocycles. The second-order valence-electron chi connectivity index (χ2n) is 2.93.